The van der Waals surface area contributed by atoms with E-state index in [2.05, 4.69) is 54.3 Å². The molecule has 2 N–H and O–H groups in total. The summed E-state index contributed by atoms with van der Waals surface area (Å²) in [5.41, 5.74) is 5.35. The standard InChI is InChI=1S/C30H38N2O5S/c1-3-32-18-16-30(17-19-32,29(33)31-34)38(35,36)28-14-12-27(13-15-28)37-20-6-9-24-8-5-11-26(22-24)25-10-4-7-23(2)21-25/h4-5,8,10-15,21-23,34H,3,6-7,9,16-20H2,1-2H3,(H,31,33). The van der Waals surface area contributed by atoms with E-state index in [9.17, 15) is 18.4 Å². The van der Waals surface area contributed by atoms with Gasteiger partial charge in [-0.2, -0.15) is 0 Å². The summed E-state index contributed by atoms with van der Waals surface area (Å²) < 4.78 is 31.3. The number of amides is 1. The van der Waals surface area contributed by atoms with Crippen molar-refractivity contribution in [3.8, 4) is 5.75 Å². The second-order valence-corrected chi connectivity index (χ2v) is 12.5. The van der Waals surface area contributed by atoms with Crippen LogP contribution in [0.5, 0.6) is 5.75 Å². The summed E-state index contributed by atoms with van der Waals surface area (Å²) in [5.74, 6) is 0.258. The Morgan fingerprint density at radius 1 is 1.16 bits per heavy atom. The van der Waals surface area contributed by atoms with E-state index >= 15 is 0 Å². The summed E-state index contributed by atoms with van der Waals surface area (Å²) in [6, 6.07) is 14.8. The normalized spacial score (nSPS) is 19.6. The van der Waals surface area contributed by atoms with E-state index < -0.39 is 20.5 Å². The highest BCUT2D eigenvalue weighted by Gasteiger charge is 2.52. The van der Waals surface area contributed by atoms with E-state index in [0.717, 1.165) is 25.8 Å². The number of likely N-dealkylation sites (tertiary alicyclic amines) is 1. The van der Waals surface area contributed by atoms with Gasteiger partial charge in [0.2, 0.25) is 0 Å². The van der Waals surface area contributed by atoms with E-state index in [1.54, 1.807) is 17.6 Å². The number of carbonyl (C=O) groups is 1. The molecular weight excluding hydrogens is 500 g/mol. The monoisotopic (exact) mass is 538 g/mol. The number of hydrogen-bond acceptors (Lipinski definition) is 6. The molecule has 0 saturated carbocycles. The van der Waals surface area contributed by atoms with Crippen LogP contribution < -0.4 is 10.2 Å². The largest absolute Gasteiger partial charge is 0.494 e. The van der Waals surface area contributed by atoms with Gasteiger partial charge in [0, 0.05) is 13.1 Å². The Bertz CT molecular complexity index is 1280. The number of piperidine rings is 1. The SMILES string of the molecule is CCN1CCC(C(=O)NO)(S(=O)(=O)c2ccc(OCCCc3cccc(C4=CC(C)CC=C4)c3)cc2)CC1. The summed E-state index contributed by atoms with van der Waals surface area (Å²) >= 11 is 0. The van der Waals surface area contributed by atoms with Crippen LogP contribution in [0.4, 0.5) is 0 Å². The Hall–Kier alpha value is -2.94. The Morgan fingerprint density at radius 3 is 2.55 bits per heavy atom. The molecule has 0 radical (unpaired) electrons. The lowest BCUT2D eigenvalue weighted by molar-refractivity contribution is -0.133. The number of hydrogen-bond donors (Lipinski definition) is 2. The van der Waals surface area contributed by atoms with E-state index in [4.69, 9.17) is 4.74 Å². The van der Waals surface area contributed by atoms with Crippen LogP contribution in [0.3, 0.4) is 0 Å². The predicted octanol–water partition coefficient (Wildman–Crippen LogP) is 4.81. The van der Waals surface area contributed by atoms with Gasteiger partial charge in [-0.25, -0.2) is 13.9 Å². The number of sulfone groups is 1. The molecule has 2 aromatic carbocycles. The van der Waals surface area contributed by atoms with Gasteiger partial charge < -0.3 is 9.64 Å². The number of hydroxylamine groups is 1. The van der Waals surface area contributed by atoms with Crippen LogP contribution in [0.25, 0.3) is 5.57 Å². The number of nitrogens with one attached hydrogen (secondary N) is 1. The first-order chi connectivity index (χ1) is 18.3. The second-order valence-electron chi connectivity index (χ2n) is 10.2. The zero-order valence-corrected chi connectivity index (χ0v) is 23.0. The molecule has 7 nitrogen and oxygen atoms in total. The van der Waals surface area contributed by atoms with Gasteiger partial charge in [0.25, 0.3) is 5.91 Å². The van der Waals surface area contributed by atoms with Gasteiger partial charge in [0.1, 0.15) is 5.75 Å². The Balaban J connectivity index is 1.35. The maximum atomic E-state index is 13.6. The Kier molecular flexibility index (Phi) is 9.07. The zero-order chi connectivity index (χ0) is 27.2. The first-order valence-electron chi connectivity index (χ1n) is 13.4. The van der Waals surface area contributed by atoms with Crippen molar-refractivity contribution in [2.24, 2.45) is 5.92 Å². The van der Waals surface area contributed by atoms with Crippen LogP contribution >= 0.6 is 0 Å². The highest BCUT2D eigenvalue weighted by Crippen LogP contribution is 2.36. The second kappa shape index (κ2) is 12.3. The van der Waals surface area contributed by atoms with Crippen molar-refractivity contribution >= 4 is 21.3 Å². The molecule has 0 aromatic heterocycles. The Morgan fingerprint density at radius 2 is 1.89 bits per heavy atom. The molecule has 1 heterocycles. The number of benzene rings is 2. The number of aryl methyl sites for hydroxylation is 1. The minimum absolute atomic E-state index is 0.0515. The summed E-state index contributed by atoms with van der Waals surface area (Å²) in [7, 11) is -4.03. The van der Waals surface area contributed by atoms with Crippen molar-refractivity contribution in [3.05, 3.63) is 77.9 Å². The molecule has 8 heteroatoms. The molecule has 1 aliphatic heterocycles. The van der Waals surface area contributed by atoms with Crippen molar-refractivity contribution < 1.29 is 23.2 Å². The van der Waals surface area contributed by atoms with E-state index in [-0.39, 0.29) is 17.7 Å². The van der Waals surface area contributed by atoms with Gasteiger partial charge >= 0.3 is 0 Å². The third-order valence-electron chi connectivity index (χ3n) is 7.68. The van der Waals surface area contributed by atoms with E-state index in [1.165, 1.54) is 28.8 Å². The zero-order valence-electron chi connectivity index (χ0n) is 22.2. The average Bonchev–Trinajstić information content (AvgIpc) is 2.95. The molecule has 38 heavy (non-hydrogen) atoms. The van der Waals surface area contributed by atoms with Gasteiger partial charge in [0.15, 0.2) is 14.6 Å². The molecule has 1 fully saturated rings. The molecule has 204 valence electrons. The number of allylic oxidation sites excluding steroid dienone is 4. The summed E-state index contributed by atoms with van der Waals surface area (Å²) in [6.45, 7) is 6.45. The first kappa shape index (κ1) is 28.1. The van der Waals surface area contributed by atoms with Gasteiger partial charge in [-0.3, -0.25) is 10.0 Å². The smallest absolute Gasteiger partial charge is 0.265 e. The number of carbonyl (C=O) groups excluding carboxylic acids is 1. The number of rotatable bonds is 10. The molecule has 0 spiro atoms. The van der Waals surface area contributed by atoms with Crippen LogP contribution in [0, 0.1) is 5.92 Å². The van der Waals surface area contributed by atoms with Crippen molar-refractivity contribution in [2.75, 3.05) is 26.2 Å². The highest BCUT2D eigenvalue weighted by molar-refractivity contribution is 7.93. The third kappa shape index (κ3) is 6.03. The van der Waals surface area contributed by atoms with Crippen LogP contribution in [-0.4, -0.2) is 55.4 Å². The van der Waals surface area contributed by atoms with Crippen LogP contribution in [-0.2, 0) is 21.1 Å². The predicted molar refractivity (Wildman–Crippen MR) is 149 cm³/mol. The van der Waals surface area contributed by atoms with Gasteiger partial charge in [0.05, 0.1) is 11.5 Å². The molecular formula is C30H38N2O5S. The quantitative estimate of drug-likeness (QED) is 0.256. The van der Waals surface area contributed by atoms with Crippen molar-refractivity contribution in [3.63, 3.8) is 0 Å². The maximum Gasteiger partial charge on any atom is 0.265 e. The first-order valence-corrected chi connectivity index (χ1v) is 14.9. The van der Waals surface area contributed by atoms with Crippen LogP contribution in [0.15, 0.2) is 71.7 Å². The fraction of sp³-hybridized carbons (Fsp3) is 0.433. The third-order valence-corrected chi connectivity index (χ3v) is 10.2. The molecule has 1 aliphatic carbocycles. The topological polar surface area (TPSA) is 95.9 Å². The molecule has 1 atom stereocenters. The Labute approximate surface area is 226 Å². The average molecular weight is 539 g/mol. The van der Waals surface area contributed by atoms with Gasteiger partial charge in [-0.05, 0) is 85.5 Å². The minimum Gasteiger partial charge on any atom is -0.494 e. The highest BCUT2D eigenvalue weighted by atomic mass is 32.2. The molecule has 2 aromatic rings. The lowest BCUT2D eigenvalue weighted by Gasteiger charge is -2.39. The van der Waals surface area contributed by atoms with Crippen molar-refractivity contribution in [1.29, 1.82) is 0 Å². The molecule has 4 rings (SSSR count). The number of nitrogens with zero attached hydrogens (tertiary/aromatic N) is 1. The lowest BCUT2D eigenvalue weighted by Crippen LogP contribution is -2.57. The molecule has 1 amide bonds. The molecule has 2 aliphatic rings. The lowest BCUT2D eigenvalue weighted by atomic mass is 9.92. The number of ether oxygens (including phenoxy) is 1. The fourth-order valence-electron chi connectivity index (χ4n) is 5.30. The summed E-state index contributed by atoms with van der Waals surface area (Å²) in [5, 5.41) is 9.32. The molecule has 1 saturated heterocycles. The van der Waals surface area contributed by atoms with Crippen LogP contribution in [0.2, 0.25) is 0 Å². The summed E-state index contributed by atoms with van der Waals surface area (Å²) in [6.07, 6.45) is 9.78. The summed E-state index contributed by atoms with van der Waals surface area (Å²) in [4.78, 5) is 14.7. The van der Waals surface area contributed by atoms with E-state index in [0.29, 0.717) is 31.4 Å². The van der Waals surface area contributed by atoms with Gasteiger partial charge in [-0.1, -0.05) is 56.3 Å². The van der Waals surface area contributed by atoms with Crippen molar-refractivity contribution in [1.82, 2.24) is 10.4 Å². The fourth-order valence-corrected chi connectivity index (χ4v) is 7.25. The minimum atomic E-state index is -4.03. The van der Waals surface area contributed by atoms with Crippen LogP contribution in [0.1, 0.15) is 50.7 Å². The van der Waals surface area contributed by atoms with E-state index in [1.807, 2.05) is 6.92 Å². The molecule has 1 unspecified atom stereocenters. The van der Waals surface area contributed by atoms with Gasteiger partial charge in [-0.15, -0.1) is 0 Å². The maximum absolute atomic E-state index is 13.6. The molecule has 0 bridgehead atoms. The van der Waals surface area contributed by atoms with Crippen molar-refractivity contribution in [2.45, 2.75) is 55.6 Å².